The molecule has 0 saturated carbocycles. The van der Waals surface area contributed by atoms with Crippen molar-refractivity contribution in [2.24, 2.45) is 5.92 Å². The van der Waals surface area contributed by atoms with Gasteiger partial charge in [-0.2, -0.15) is 0 Å². The molecular weight excluding hydrogens is 226 g/mol. The van der Waals surface area contributed by atoms with E-state index < -0.39 is 0 Å². The van der Waals surface area contributed by atoms with Gasteiger partial charge in [0.15, 0.2) is 0 Å². The molecule has 0 aromatic carbocycles. The Morgan fingerprint density at radius 1 is 1.17 bits per heavy atom. The number of hydrogen-bond donors (Lipinski definition) is 0. The van der Waals surface area contributed by atoms with E-state index in [1.807, 2.05) is 4.90 Å². The Balaban J connectivity index is 1.76. The number of likely N-dealkylation sites (tertiary alicyclic amines) is 1. The average molecular weight is 253 g/mol. The van der Waals surface area contributed by atoms with Crippen molar-refractivity contribution in [2.75, 3.05) is 46.3 Å². The van der Waals surface area contributed by atoms with Crippen LogP contribution >= 0.6 is 0 Å². The molecule has 4 nitrogen and oxygen atoms in total. The fourth-order valence-electron chi connectivity index (χ4n) is 3.21. The van der Waals surface area contributed by atoms with Crippen molar-refractivity contribution in [1.82, 2.24) is 14.7 Å². The number of carbonyl (C=O) groups excluding carboxylic acids is 1. The lowest BCUT2D eigenvalue weighted by atomic mass is 9.95. The maximum absolute atomic E-state index is 11.3. The highest BCUT2D eigenvalue weighted by Crippen LogP contribution is 2.20. The molecule has 2 aliphatic rings. The average Bonchev–Trinajstić information content (AvgIpc) is 2.33. The van der Waals surface area contributed by atoms with E-state index >= 15 is 0 Å². The Hall–Kier alpha value is -0.610. The second kappa shape index (κ2) is 6.02. The Bertz CT molecular complexity index is 287. The van der Waals surface area contributed by atoms with E-state index in [1.54, 1.807) is 6.92 Å². The molecule has 18 heavy (non-hydrogen) atoms. The number of carbonyl (C=O) groups is 1. The van der Waals surface area contributed by atoms with E-state index in [-0.39, 0.29) is 5.91 Å². The van der Waals surface area contributed by atoms with Crippen LogP contribution in [0.5, 0.6) is 0 Å². The monoisotopic (exact) mass is 253 g/mol. The standard InChI is InChI=1S/C14H27N3O/c1-12-10-15(3)8-9-17(12)11-14-4-6-16(7-5-14)13(2)18/h12,14H,4-11H2,1-3H3/t12-/m1/s1. The normalized spacial score (nSPS) is 28.6. The van der Waals surface area contributed by atoms with E-state index in [1.165, 1.54) is 39.0 Å². The molecule has 2 fully saturated rings. The Morgan fingerprint density at radius 3 is 2.39 bits per heavy atom. The SMILES string of the molecule is CC(=O)N1CCC(CN2CCN(C)C[C@H]2C)CC1. The van der Waals surface area contributed by atoms with Crippen LogP contribution in [0.1, 0.15) is 26.7 Å². The molecule has 4 heteroatoms. The third-order valence-electron chi connectivity index (χ3n) is 4.52. The minimum absolute atomic E-state index is 0.237. The van der Waals surface area contributed by atoms with Gasteiger partial charge >= 0.3 is 0 Å². The molecule has 2 heterocycles. The maximum atomic E-state index is 11.3. The van der Waals surface area contributed by atoms with Crippen LogP contribution < -0.4 is 0 Å². The Labute approximate surface area is 111 Å². The fourth-order valence-corrected chi connectivity index (χ4v) is 3.21. The van der Waals surface area contributed by atoms with Crippen LogP contribution in [-0.4, -0.2) is 73.0 Å². The van der Waals surface area contributed by atoms with Gasteiger partial charge in [0.1, 0.15) is 0 Å². The molecule has 0 spiro atoms. The fraction of sp³-hybridized carbons (Fsp3) is 0.929. The first kappa shape index (κ1) is 13.8. The van der Waals surface area contributed by atoms with E-state index in [9.17, 15) is 4.79 Å². The van der Waals surface area contributed by atoms with Crippen molar-refractivity contribution in [3.8, 4) is 0 Å². The van der Waals surface area contributed by atoms with E-state index in [4.69, 9.17) is 0 Å². The predicted molar refractivity (Wildman–Crippen MR) is 73.5 cm³/mol. The van der Waals surface area contributed by atoms with Crippen LogP contribution in [0.3, 0.4) is 0 Å². The molecule has 0 aliphatic carbocycles. The quantitative estimate of drug-likeness (QED) is 0.731. The number of amides is 1. The van der Waals surface area contributed by atoms with Crippen LogP contribution in [-0.2, 0) is 4.79 Å². The zero-order chi connectivity index (χ0) is 13.1. The summed E-state index contributed by atoms with van der Waals surface area (Å²) < 4.78 is 0. The van der Waals surface area contributed by atoms with Crippen LogP contribution in [0.25, 0.3) is 0 Å². The van der Waals surface area contributed by atoms with Crippen molar-refractivity contribution >= 4 is 5.91 Å². The summed E-state index contributed by atoms with van der Waals surface area (Å²) in [7, 11) is 2.21. The lowest BCUT2D eigenvalue weighted by molar-refractivity contribution is -0.130. The van der Waals surface area contributed by atoms with Crippen molar-refractivity contribution in [3.63, 3.8) is 0 Å². The van der Waals surface area contributed by atoms with Crippen LogP contribution in [0.4, 0.5) is 0 Å². The Kier molecular flexibility index (Phi) is 4.62. The number of hydrogen-bond acceptors (Lipinski definition) is 3. The van der Waals surface area contributed by atoms with Gasteiger partial charge in [0, 0.05) is 52.2 Å². The second-order valence-electron chi connectivity index (χ2n) is 6.06. The number of piperazine rings is 1. The molecule has 0 radical (unpaired) electrons. The minimum atomic E-state index is 0.237. The molecule has 0 bridgehead atoms. The van der Waals surface area contributed by atoms with Gasteiger partial charge in [0.25, 0.3) is 0 Å². The summed E-state index contributed by atoms with van der Waals surface area (Å²) in [4.78, 5) is 18.3. The number of likely N-dealkylation sites (N-methyl/N-ethyl adjacent to an activating group) is 1. The van der Waals surface area contributed by atoms with Gasteiger partial charge in [-0.3, -0.25) is 9.69 Å². The highest BCUT2D eigenvalue weighted by Gasteiger charge is 2.26. The van der Waals surface area contributed by atoms with Crippen LogP contribution in [0.2, 0.25) is 0 Å². The third-order valence-corrected chi connectivity index (χ3v) is 4.52. The second-order valence-corrected chi connectivity index (χ2v) is 6.06. The van der Waals surface area contributed by atoms with Crippen molar-refractivity contribution in [3.05, 3.63) is 0 Å². The van der Waals surface area contributed by atoms with Gasteiger partial charge in [0.2, 0.25) is 5.91 Å². The van der Waals surface area contributed by atoms with Crippen LogP contribution in [0.15, 0.2) is 0 Å². The zero-order valence-electron chi connectivity index (χ0n) is 12.1. The highest BCUT2D eigenvalue weighted by molar-refractivity contribution is 5.73. The summed E-state index contributed by atoms with van der Waals surface area (Å²) >= 11 is 0. The molecule has 2 rings (SSSR count). The molecule has 0 unspecified atom stereocenters. The number of rotatable bonds is 2. The molecule has 1 atom stereocenters. The van der Waals surface area contributed by atoms with Gasteiger partial charge in [-0.25, -0.2) is 0 Å². The largest absolute Gasteiger partial charge is 0.343 e. The van der Waals surface area contributed by atoms with Crippen molar-refractivity contribution in [1.29, 1.82) is 0 Å². The predicted octanol–water partition coefficient (Wildman–Crippen LogP) is 0.881. The summed E-state index contributed by atoms with van der Waals surface area (Å²) in [5, 5.41) is 0. The van der Waals surface area contributed by atoms with E-state index in [0.717, 1.165) is 19.0 Å². The summed E-state index contributed by atoms with van der Waals surface area (Å²) in [6.07, 6.45) is 2.36. The maximum Gasteiger partial charge on any atom is 0.219 e. The first-order valence-corrected chi connectivity index (χ1v) is 7.24. The Morgan fingerprint density at radius 2 is 1.83 bits per heavy atom. The third kappa shape index (κ3) is 3.45. The van der Waals surface area contributed by atoms with E-state index in [2.05, 4.69) is 23.8 Å². The molecule has 0 aromatic heterocycles. The summed E-state index contributed by atoms with van der Waals surface area (Å²) in [5.41, 5.74) is 0. The summed E-state index contributed by atoms with van der Waals surface area (Å²) in [6.45, 7) is 10.7. The topological polar surface area (TPSA) is 26.8 Å². The molecule has 1 amide bonds. The van der Waals surface area contributed by atoms with Gasteiger partial charge < -0.3 is 9.80 Å². The molecule has 0 aromatic rings. The van der Waals surface area contributed by atoms with Crippen LogP contribution in [0, 0.1) is 5.92 Å². The summed E-state index contributed by atoms with van der Waals surface area (Å²) in [6, 6.07) is 0.676. The molecule has 2 aliphatic heterocycles. The van der Waals surface area contributed by atoms with Gasteiger partial charge in [0.05, 0.1) is 0 Å². The first-order valence-electron chi connectivity index (χ1n) is 7.24. The van der Waals surface area contributed by atoms with E-state index in [0.29, 0.717) is 6.04 Å². The van der Waals surface area contributed by atoms with Crippen molar-refractivity contribution < 1.29 is 4.79 Å². The lowest BCUT2D eigenvalue weighted by Crippen LogP contribution is -2.52. The molecule has 0 N–H and O–H groups in total. The molecular formula is C14H27N3O. The lowest BCUT2D eigenvalue weighted by Gasteiger charge is -2.41. The number of nitrogens with zero attached hydrogens (tertiary/aromatic N) is 3. The molecule has 104 valence electrons. The highest BCUT2D eigenvalue weighted by atomic mass is 16.2. The zero-order valence-corrected chi connectivity index (χ0v) is 12.1. The van der Waals surface area contributed by atoms with Gasteiger partial charge in [-0.1, -0.05) is 0 Å². The minimum Gasteiger partial charge on any atom is -0.343 e. The number of piperidine rings is 1. The van der Waals surface area contributed by atoms with Gasteiger partial charge in [-0.05, 0) is 32.7 Å². The summed E-state index contributed by atoms with van der Waals surface area (Å²) in [5.74, 6) is 1.02. The van der Waals surface area contributed by atoms with Gasteiger partial charge in [-0.15, -0.1) is 0 Å². The van der Waals surface area contributed by atoms with Crippen molar-refractivity contribution in [2.45, 2.75) is 32.7 Å². The smallest absolute Gasteiger partial charge is 0.219 e. The first-order chi connectivity index (χ1) is 8.56. The molecule has 2 saturated heterocycles.